The third-order valence-electron chi connectivity index (χ3n) is 3.15. The average Bonchev–Trinajstić information content (AvgIpc) is 2.96. The molecule has 90 valence electrons. The average molecular weight is 298 g/mol. The van der Waals surface area contributed by atoms with E-state index in [0.717, 1.165) is 25.7 Å². The minimum atomic E-state index is -0.425. The highest BCUT2D eigenvalue weighted by atomic mass is 79.9. The summed E-state index contributed by atoms with van der Waals surface area (Å²) < 4.78 is 11.2. The molecule has 0 atom stereocenters. The van der Waals surface area contributed by atoms with E-state index in [9.17, 15) is 0 Å². The highest BCUT2D eigenvalue weighted by Crippen LogP contribution is 2.35. The summed E-state index contributed by atoms with van der Waals surface area (Å²) in [4.78, 5) is 4.33. The smallest absolute Gasteiger partial charge is 0.293 e. The second kappa shape index (κ2) is 3.96. The highest BCUT2D eigenvalue weighted by molar-refractivity contribution is 9.10. The Hall–Kier alpha value is -1.14. The van der Waals surface area contributed by atoms with Crippen molar-refractivity contribution >= 4 is 15.9 Å². The Morgan fingerprint density at radius 1 is 1.29 bits per heavy atom. The molecule has 2 aromatic heterocycles. The molecule has 0 spiro atoms. The molecule has 1 saturated carbocycles. The Labute approximate surface area is 106 Å². The van der Waals surface area contributed by atoms with Crippen LogP contribution in [0.4, 0.5) is 0 Å². The Kier molecular flexibility index (Phi) is 2.56. The second-order valence-corrected chi connectivity index (χ2v) is 5.17. The summed E-state index contributed by atoms with van der Waals surface area (Å²) in [6, 6.07) is 3.56. The molecule has 0 aromatic carbocycles. The molecule has 0 saturated heterocycles. The van der Waals surface area contributed by atoms with Gasteiger partial charge in [0.2, 0.25) is 0 Å². The van der Waals surface area contributed by atoms with Gasteiger partial charge in [-0.2, -0.15) is 4.98 Å². The lowest BCUT2D eigenvalue weighted by Gasteiger charge is -2.17. The maximum absolute atomic E-state index is 6.25. The lowest BCUT2D eigenvalue weighted by molar-refractivity contribution is 0.368. The molecule has 3 rings (SSSR count). The number of hydrogen-bond acceptors (Lipinski definition) is 5. The molecule has 1 aliphatic carbocycles. The highest BCUT2D eigenvalue weighted by Gasteiger charge is 2.36. The molecule has 0 radical (unpaired) electrons. The molecule has 1 fully saturated rings. The Balaban J connectivity index is 1.92. The van der Waals surface area contributed by atoms with Crippen LogP contribution in [-0.2, 0) is 5.54 Å². The predicted octanol–water partition coefficient (Wildman–Crippen LogP) is 2.82. The molecule has 5 nitrogen and oxygen atoms in total. The Morgan fingerprint density at radius 3 is 2.71 bits per heavy atom. The summed E-state index contributed by atoms with van der Waals surface area (Å²) in [6.07, 6.45) is 4.06. The van der Waals surface area contributed by atoms with Crippen molar-refractivity contribution in [1.82, 2.24) is 10.1 Å². The van der Waals surface area contributed by atoms with Gasteiger partial charge in [0.05, 0.1) is 5.54 Å². The van der Waals surface area contributed by atoms with Crippen molar-refractivity contribution in [2.24, 2.45) is 5.73 Å². The van der Waals surface area contributed by atoms with E-state index in [1.807, 2.05) is 0 Å². The van der Waals surface area contributed by atoms with E-state index in [1.165, 1.54) is 0 Å². The minimum Gasteiger partial charge on any atom is -0.444 e. The predicted molar refractivity (Wildman–Crippen MR) is 64.0 cm³/mol. The molecule has 17 heavy (non-hydrogen) atoms. The van der Waals surface area contributed by atoms with E-state index in [2.05, 4.69) is 26.1 Å². The van der Waals surface area contributed by atoms with Crippen molar-refractivity contribution in [2.75, 3.05) is 0 Å². The fraction of sp³-hybridized carbons (Fsp3) is 0.455. The summed E-state index contributed by atoms with van der Waals surface area (Å²) in [5, 5.41) is 3.97. The van der Waals surface area contributed by atoms with E-state index >= 15 is 0 Å². The van der Waals surface area contributed by atoms with Gasteiger partial charge in [0.15, 0.2) is 16.3 Å². The van der Waals surface area contributed by atoms with Crippen LogP contribution in [0, 0.1) is 0 Å². The monoisotopic (exact) mass is 297 g/mol. The topological polar surface area (TPSA) is 78.1 Å². The summed E-state index contributed by atoms with van der Waals surface area (Å²) >= 11 is 3.23. The summed E-state index contributed by atoms with van der Waals surface area (Å²) in [6.45, 7) is 0. The molecule has 0 bridgehead atoms. The number of nitrogens with zero attached hydrogens (tertiary/aromatic N) is 2. The zero-order valence-corrected chi connectivity index (χ0v) is 10.7. The lowest BCUT2D eigenvalue weighted by Crippen LogP contribution is -2.34. The zero-order valence-electron chi connectivity index (χ0n) is 9.15. The third kappa shape index (κ3) is 1.91. The molecule has 0 amide bonds. The van der Waals surface area contributed by atoms with E-state index in [0.29, 0.717) is 22.1 Å². The van der Waals surface area contributed by atoms with Crippen LogP contribution in [0.1, 0.15) is 31.5 Å². The largest absolute Gasteiger partial charge is 0.444 e. The van der Waals surface area contributed by atoms with Crippen molar-refractivity contribution in [2.45, 2.75) is 31.2 Å². The van der Waals surface area contributed by atoms with Crippen LogP contribution >= 0.6 is 15.9 Å². The zero-order chi connectivity index (χ0) is 11.9. The van der Waals surface area contributed by atoms with Crippen LogP contribution in [0.15, 0.2) is 25.7 Å². The van der Waals surface area contributed by atoms with E-state index < -0.39 is 5.54 Å². The first-order valence-electron chi connectivity index (χ1n) is 5.56. The van der Waals surface area contributed by atoms with Gasteiger partial charge in [0.25, 0.3) is 5.89 Å². The van der Waals surface area contributed by atoms with Gasteiger partial charge < -0.3 is 14.7 Å². The van der Waals surface area contributed by atoms with Gasteiger partial charge in [-0.05, 0) is 40.9 Å². The van der Waals surface area contributed by atoms with Crippen molar-refractivity contribution < 1.29 is 8.94 Å². The number of nitrogens with two attached hydrogens (primary N) is 1. The van der Waals surface area contributed by atoms with E-state index in [4.69, 9.17) is 14.7 Å². The molecule has 0 unspecified atom stereocenters. The second-order valence-electron chi connectivity index (χ2n) is 4.39. The molecular formula is C11H12BrN3O2. The van der Waals surface area contributed by atoms with Gasteiger partial charge in [0, 0.05) is 0 Å². The first-order valence-corrected chi connectivity index (χ1v) is 6.35. The Morgan fingerprint density at radius 2 is 2.06 bits per heavy atom. The first kappa shape index (κ1) is 11.0. The van der Waals surface area contributed by atoms with Crippen molar-refractivity contribution in [3.05, 3.63) is 22.6 Å². The van der Waals surface area contributed by atoms with Gasteiger partial charge in [-0.3, -0.25) is 0 Å². The fourth-order valence-electron chi connectivity index (χ4n) is 2.18. The van der Waals surface area contributed by atoms with Gasteiger partial charge in [-0.25, -0.2) is 0 Å². The normalized spacial score (nSPS) is 18.7. The van der Waals surface area contributed by atoms with Crippen LogP contribution < -0.4 is 5.73 Å². The standard InChI is InChI=1S/C11H12BrN3O2/c12-8-4-3-7(16-8)9-14-10(15-17-9)11(13)5-1-2-6-11/h3-4H,1-2,5-6,13H2. The maximum atomic E-state index is 6.25. The molecule has 2 heterocycles. The number of rotatable bonds is 2. The van der Waals surface area contributed by atoms with Gasteiger partial charge in [-0.1, -0.05) is 18.0 Å². The van der Waals surface area contributed by atoms with Crippen LogP contribution in [0.3, 0.4) is 0 Å². The number of furan rings is 1. The first-order chi connectivity index (χ1) is 8.17. The van der Waals surface area contributed by atoms with Crippen molar-refractivity contribution in [1.29, 1.82) is 0 Å². The van der Waals surface area contributed by atoms with Crippen LogP contribution in [-0.4, -0.2) is 10.1 Å². The lowest BCUT2D eigenvalue weighted by atomic mass is 9.99. The molecule has 2 N–H and O–H groups in total. The third-order valence-corrected chi connectivity index (χ3v) is 3.58. The molecule has 1 aliphatic rings. The van der Waals surface area contributed by atoms with E-state index in [1.54, 1.807) is 12.1 Å². The number of aromatic nitrogens is 2. The van der Waals surface area contributed by atoms with Crippen molar-refractivity contribution in [3.63, 3.8) is 0 Å². The van der Waals surface area contributed by atoms with Crippen LogP contribution in [0.5, 0.6) is 0 Å². The summed E-state index contributed by atoms with van der Waals surface area (Å²) in [7, 11) is 0. The molecule has 0 aliphatic heterocycles. The van der Waals surface area contributed by atoms with Gasteiger partial charge >= 0.3 is 0 Å². The SMILES string of the molecule is NC1(c2noc(-c3ccc(Br)o3)n2)CCCC1. The Bertz CT molecular complexity index is 528. The van der Waals surface area contributed by atoms with Gasteiger partial charge in [-0.15, -0.1) is 0 Å². The van der Waals surface area contributed by atoms with Crippen LogP contribution in [0.25, 0.3) is 11.7 Å². The quantitative estimate of drug-likeness (QED) is 0.922. The molecule has 2 aromatic rings. The van der Waals surface area contributed by atoms with E-state index in [-0.39, 0.29) is 0 Å². The number of hydrogen-bond donors (Lipinski definition) is 1. The molecule has 6 heteroatoms. The summed E-state index contributed by atoms with van der Waals surface area (Å²) in [5.74, 6) is 1.51. The van der Waals surface area contributed by atoms with Crippen molar-refractivity contribution in [3.8, 4) is 11.7 Å². The number of halogens is 1. The van der Waals surface area contributed by atoms with Gasteiger partial charge in [0.1, 0.15) is 0 Å². The maximum Gasteiger partial charge on any atom is 0.293 e. The summed E-state index contributed by atoms with van der Waals surface area (Å²) in [5.41, 5.74) is 5.83. The minimum absolute atomic E-state index is 0.377. The molecular weight excluding hydrogens is 286 g/mol. The fourth-order valence-corrected chi connectivity index (χ4v) is 2.49. The van der Waals surface area contributed by atoms with Crippen LogP contribution in [0.2, 0.25) is 0 Å².